The molecule has 0 aliphatic heterocycles. The first-order valence-electron chi connectivity index (χ1n) is 7.76. The zero-order valence-corrected chi connectivity index (χ0v) is 13.6. The molecule has 0 bridgehead atoms. The van der Waals surface area contributed by atoms with E-state index in [4.69, 9.17) is 5.73 Å². The molecule has 5 nitrogen and oxygen atoms in total. The zero-order chi connectivity index (χ0) is 15.8. The van der Waals surface area contributed by atoms with Crippen LogP contribution in [-0.4, -0.2) is 30.0 Å². The maximum Gasteiger partial charge on any atom is 0.237 e. The number of carbonyl (C=O) groups excluding carboxylic acids is 1. The number of pyridine rings is 1. The number of anilines is 1. The number of nitrogens with one attached hydrogen (secondary N) is 1. The number of amides is 1. The highest BCUT2D eigenvalue weighted by Gasteiger charge is 2.18. The molecule has 2 unspecified atom stereocenters. The van der Waals surface area contributed by atoms with Crippen LogP contribution in [0.3, 0.4) is 0 Å². The predicted molar refractivity (Wildman–Crippen MR) is 87.1 cm³/mol. The molecular weight excluding hydrogens is 264 g/mol. The van der Waals surface area contributed by atoms with Gasteiger partial charge in [0.2, 0.25) is 5.91 Å². The van der Waals surface area contributed by atoms with E-state index in [2.05, 4.69) is 29.0 Å². The van der Waals surface area contributed by atoms with Gasteiger partial charge in [-0.25, -0.2) is 4.98 Å². The Kier molecular flexibility index (Phi) is 7.15. The molecular formula is C16H28N4O. The first kappa shape index (κ1) is 17.4. The third kappa shape index (κ3) is 5.01. The first-order valence-corrected chi connectivity index (χ1v) is 7.76. The molecule has 0 spiro atoms. The van der Waals surface area contributed by atoms with E-state index in [-0.39, 0.29) is 11.8 Å². The monoisotopic (exact) mass is 292 g/mol. The summed E-state index contributed by atoms with van der Waals surface area (Å²) < 4.78 is 0. The molecule has 21 heavy (non-hydrogen) atoms. The fourth-order valence-corrected chi connectivity index (χ4v) is 2.08. The van der Waals surface area contributed by atoms with Crippen LogP contribution >= 0.6 is 0 Å². The van der Waals surface area contributed by atoms with Crippen LogP contribution in [0, 0.1) is 5.92 Å². The van der Waals surface area contributed by atoms with Crippen LogP contribution in [0.1, 0.15) is 39.7 Å². The zero-order valence-electron chi connectivity index (χ0n) is 13.6. The van der Waals surface area contributed by atoms with E-state index in [0.29, 0.717) is 6.54 Å². The van der Waals surface area contributed by atoms with Gasteiger partial charge in [0.05, 0.1) is 6.04 Å². The highest BCUT2D eigenvalue weighted by molar-refractivity contribution is 5.81. The van der Waals surface area contributed by atoms with Crippen molar-refractivity contribution in [3.63, 3.8) is 0 Å². The lowest BCUT2D eigenvalue weighted by atomic mass is 9.99. The van der Waals surface area contributed by atoms with Gasteiger partial charge in [-0.15, -0.1) is 0 Å². The maximum atomic E-state index is 11.9. The van der Waals surface area contributed by atoms with Crippen molar-refractivity contribution in [1.82, 2.24) is 10.3 Å². The lowest BCUT2D eigenvalue weighted by Crippen LogP contribution is -2.44. The van der Waals surface area contributed by atoms with Gasteiger partial charge in [-0.05, 0) is 31.4 Å². The topological polar surface area (TPSA) is 71.2 Å². The third-order valence-corrected chi connectivity index (χ3v) is 3.92. The summed E-state index contributed by atoms with van der Waals surface area (Å²) in [6.45, 7) is 10.6. The Morgan fingerprint density at radius 2 is 2.00 bits per heavy atom. The molecule has 0 radical (unpaired) electrons. The van der Waals surface area contributed by atoms with E-state index in [1.165, 1.54) is 0 Å². The molecule has 1 aromatic rings. The number of nitrogens with two attached hydrogens (primary N) is 1. The summed E-state index contributed by atoms with van der Waals surface area (Å²) in [6.07, 6.45) is 2.71. The Bertz CT molecular complexity index is 428. The van der Waals surface area contributed by atoms with Crippen molar-refractivity contribution in [2.75, 3.05) is 18.0 Å². The van der Waals surface area contributed by atoms with E-state index >= 15 is 0 Å². The van der Waals surface area contributed by atoms with Crippen molar-refractivity contribution in [2.45, 2.75) is 46.7 Å². The Labute approximate surface area is 127 Å². The van der Waals surface area contributed by atoms with Gasteiger partial charge < -0.3 is 16.0 Å². The van der Waals surface area contributed by atoms with E-state index in [1.807, 2.05) is 32.2 Å². The molecule has 0 fully saturated rings. The molecule has 2 atom stereocenters. The SMILES string of the molecule is CCC(C)C(N)C(=O)NCc1ccc(N(CC)CC)nc1. The van der Waals surface area contributed by atoms with Gasteiger partial charge in [0.15, 0.2) is 0 Å². The molecule has 3 N–H and O–H groups in total. The highest BCUT2D eigenvalue weighted by Crippen LogP contribution is 2.11. The summed E-state index contributed by atoms with van der Waals surface area (Å²) in [4.78, 5) is 18.5. The second kappa shape index (κ2) is 8.62. The maximum absolute atomic E-state index is 11.9. The summed E-state index contributed by atoms with van der Waals surface area (Å²) in [5.41, 5.74) is 6.88. The number of hydrogen-bond donors (Lipinski definition) is 2. The van der Waals surface area contributed by atoms with Crippen molar-refractivity contribution >= 4 is 11.7 Å². The molecule has 0 aliphatic carbocycles. The van der Waals surface area contributed by atoms with E-state index in [0.717, 1.165) is 30.9 Å². The fourth-order valence-electron chi connectivity index (χ4n) is 2.08. The van der Waals surface area contributed by atoms with Gasteiger partial charge >= 0.3 is 0 Å². The average Bonchev–Trinajstić information content (AvgIpc) is 2.53. The standard InChI is InChI=1S/C16H28N4O/c1-5-12(4)15(17)16(21)19-11-13-8-9-14(18-10-13)20(6-2)7-3/h8-10,12,15H,5-7,11,17H2,1-4H3,(H,19,21). The van der Waals surface area contributed by atoms with E-state index < -0.39 is 6.04 Å². The van der Waals surface area contributed by atoms with Crippen molar-refractivity contribution < 1.29 is 4.79 Å². The largest absolute Gasteiger partial charge is 0.357 e. The average molecular weight is 292 g/mol. The molecule has 0 saturated heterocycles. The molecule has 0 aliphatic rings. The van der Waals surface area contributed by atoms with Gasteiger partial charge in [0.1, 0.15) is 5.82 Å². The molecule has 1 heterocycles. The van der Waals surface area contributed by atoms with Crippen molar-refractivity contribution in [3.05, 3.63) is 23.9 Å². The van der Waals surface area contributed by atoms with Gasteiger partial charge in [-0.2, -0.15) is 0 Å². The van der Waals surface area contributed by atoms with Crippen LogP contribution in [0.5, 0.6) is 0 Å². The molecule has 0 aromatic carbocycles. The fraction of sp³-hybridized carbons (Fsp3) is 0.625. The minimum Gasteiger partial charge on any atom is -0.357 e. The lowest BCUT2D eigenvalue weighted by molar-refractivity contribution is -0.123. The molecule has 1 amide bonds. The molecule has 1 aromatic heterocycles. The van der Waals surface area contributed by atoms with Crippen LogP contribution in [-0.2, 0) is 11.3 Å². The van der Waals surface area contributed by atoms with Gasteiger partial charge in [-0.1, -0.05) is 26.3 Å². The summed E-state index contributed by atoms with van der Waals surface area (Å²) >= 11 is 0. The number of hydrogen-bond acceptors (Lipinski definition) is 4. The van der Waals surface area contributed by atoms with E-state index in [9.17, 15) is 4.79 Å². The summed E-state index contributed by atoms with van der Waals surface area (Å²) in [5.74, 6) is 1.05. The smallest absolute Gasteiger partial charge is 0.237 e. The summed E-state index contributed by atoms with van der Waals surface area (Å²) in [7, 11) is 0. The summed E-state index contributed by atoms with van der Waals surface area (Å²) in [6, 6.07) is 3.54. The summed E-state index contributed by atoms with van der Waals surface area (Å²) in [5, 5.41) is 2.87. The normalized spacial score (nSPS) is 13.6. The van der Waals surface area contributed by atoms with Crippen LogP contribution in [0.15, 0.2) is 18.3 Å². The second-order valence-corrected chi connectivity index (χ2v) is 5.33. The number of rotatable bonds is 8. The molecule has 1 rings (SSSR count). The Morgan fingerprint density at radius 3 is 2.48 bits per heavy atom. The van der Waals surface area contributed by atoms with Crippen LogP contribution in [0.25, 0.3) is 0 Å². The quantitative estimate of drug-likeness (QED) is 0.768. The first-order chi connectivity index (χ1) is 10.0. The van der Waals surface area contributed by atoms with Crippen molar-refractivity contribution in [2.24, 2.45) is 11.7 Å². The molecule has 5 heteroatoms. The molecule has 118 valence electrons. The van der Waals surface area contributed by atoms with Gasteiger partial charge in [0, 0.05) is 25.8 Å². The van der Waals surface area contributed by atoms with Crippen molar-refractivity contribution in [1.29, 1.82) is 0 Å². The minimum absolute atomic E-state index is 0.0998. The number of carbonyl (C=O) groups is 1. The van der Waals surface area contributed by atoms with Crippen LogP contribution in [0.4, 0.5) is 5.82 Å². The van der Waals surface area contributed by atoms with Crippen LogP contribution < -0.4 is 16.0 Å². The van der Waals surface area contributed by atoms with Crippen molar-refractivity contribution in [3.8, 4) is 0 Å². The highest BCUT2D eigenvalue weighted by atomic mass is 16.2. The Hall–Kier alpha value is -1.62. The predicted octanol–water partition coefficient (Wildman–Crippen LogP) is 1.92. The van der Waals surface area contributed by atoms with Crippen LogP contribution in [0.2, 0.25) is 0 Å². The molecule has 0 saturated carbocycles. The Morgan fingerprint density at radius 1 is 1.33 bits per heavy atom. The Balaban J connectivity index is 2.55. The van der Waals surface area contributed by atoms with Gasteiger partial charge in [-0.3, -0.25) is 4.79 Å². The second-order valence-electron chi connectivity index (χ2n) is 5.33. The van der Waals surface area contributed by atoms with E-state index in [1.54, 1.807) is 0 Å². The number of aromatic nitrogens is 1. The minimum atomic E-state index is -0.446. The lowest BCUT2D eigenvalue weighted by Gasteiger charge is -2.20. The van der Waals surface area contributed by atoms with Gasteiger partial charge in [0.25, 0.3) is 0 Å². The number of nitrogens with zero attached hydrogens (tertiary/aromatic N) is 2. The third-order valence-electron chi connectivity index (χ3n) is 3.92.